The smallest absolute Gasteiger partial charge is 0.0620 e. The van der Waals surface area contributed by atoms with E-state index in [9.17, 15) is 5.11 Å². The Labute approximate surface area is 82.9 Å². The third-order valence-electron chi connectivity index (χ3n) is 2.58. The standard InChI is InChI=1S/C12H24O/c1-5-8-11(3)9-7-10-12(4,13)6-2/h9,13H,5-8,10H2,1-4H3. The largest absolute Gasteiger partial charge is 0.390 e. The number of aliphatic hydroxyl groups is 1. The number of allylic oxidation sites excluding steroid dienone is 2. The second kappa shape index (κ2) is 6.20. The average molecular weight is 184 g/mol. The van der Waals surface area contributed by atoms with E-state index < -0.39 is 5.60 Å². The van der Waals surface area contributed by atoms with Crippen LogP contribution in [-0.2, 0) is 0 Å². The van der Waals surface area contributed by atoms with Crippen LogP contribution in [0.25, 0.3) is 0 Å². The Morgan fingerprint density at radius 1 is 1.38 bits per heavy atom. The maximum absolute atomic E-state index is 9.74. The first-order valence-electron chi connectivity index (χ1n) is 5.40. The second-order valence-electron chi connectivity index (χ2n) is 4.19. The van der Waals surface area contributed by atoms with E-state index in [1.807, 2.05) is 13.8 Å². The summed E-state index contributed by atoms with van der Waals surface area (Å²) in [5, 5.41) is 9.74. The summed E-state index contributed by atoms with van der Waals surface area (Å²) in [6, 6.07) is 0. The first-order chi connectivity index (χ1) is 6.02. The summed E-state index contributed by atoms with van der Waals surface area (Å²) in [5.74, 6) is 0. The summed E-state index contributed by atoms with van der Waals surface area (Å²) in [7, 11) is 0. The van der Waals surface area contributed by atoms with Crippen LogP contribution in [0.3, 0.4) is 0 Å². The molecule has 0 heterocycles. The molecule has 1 atom stereocenters. The molecule has 0 aromatic carbocycles. The van der Waals surface area contributed by atoms with Crippen LogP contribution in [0.15, 0.2) is 11.6 Å². The van der Waals surface area contributed by atoms with E-state index in [0.29, 0.717) is 0 Å². The molecule has 0 saturated heterocycles. The molecule has 0 aromatic heterocycles. The van der Waals surface area contributed by atoms with Crippen LogP contribution >= 0.6 is 0 Å². The monoisotopic (exact) mass is 184 g/mol. The second-order valence-corrected chi connectivity index (χ2v) is 4.19. The van der Waals surface area contributed by atoms with Crippen molar-refractivity contribution in [3.63, 3.8) is 0 Å². The van der Waals surface area contributed by atoms with Crippen molar-refractivity contribution in [2.75, 3.05) is 0 Å². The highest BCUT2D eigenvalue weighted by Gasteiger charge is 2.15. The quantitative estimate of drug-likeness (QED) is 0.624. The Morgan fingerprint density at radius 3 is 2.46 bits per heavy atom. The Hall–Kier alpha value is -0.300. The summed E-state index contributed by atoms with van der Waals surface area (Å²) in [5.41, 5.74) is 0.984. The highest BCUT2D eigenvalue weighted by Crippen LogP contribution is 2.17. The van der Waals surface area contributed by atoms with Crippen LogP contribution in [0.2, 0.25) is 0 Å². The molecule has 0 spiro atoms. The molecule has 0 rings (SSSR count). The number of hydrogen-bond donors (Lipinski definition) is 1. The van der Waals surface area contributed by atoms with Crippen molar-refractivity contribution < 1.29 is 5.11 Å². The van der Waals surface area contributed by atoms with Gasteiger partial charge in [0.2, 0.25) is 0 Å². The van der Waals surface area contributed by atoms with Gasteiger partial charge in [-0.2, -0.15) is 0 Å². The molecule has 1 N–H and O–H groups in total. The first kappa shape index (κ1) is 12.7. The third-order valence-corrected chi connectivity index (χ3v) is 2.58. The summed E-state index contributed by atoms with van der Waals surface area (Å²) in [4.78, 5) is 0. The van der Waals surface area contributed by atoms with E-state index in [-0.39, 0.29) is 0 Å². The Balaban J connectivity index is 3.71. The highest BCUT2D eigenvalue weighted by atomic mass is 16.3. The molecule has 0 radical (unpaired) electrons. The Kier molecular flexibility index (Phi) is 6.06. The van der Waals surface area contributed by atoms with Gasteiger partial charge >= 0.3 is 0 Å². The number of hydrogen-bond acceptors (Lipinski definition) is 1. The van der Waals surface area contributed by atoms with Gasteiger partial charge in [0.15, 0.2) is 0 Å². The molecule has 13 heavy (non-hydrogen) atoms. The Bertz CT molecular complexity index is 157. The number of rotatable bonds is 6. The minimum absolute atomic E-state index is 0.469. The fraction of sp³-hybridized carbons (Fsp3) is 0.833. The summed E-state index contributed by atoms with van der Waals surface area (Å²) < 4.78 is 0. The van der Waals surface area contributed by atoms with Gasteiger partial charge < -0.3 is 5.11 Å². The van der Waals surface area contributed by atoms with Gasteiger partial charge in [-0.3, -0.25) is 0 Å². The normalized spacial score (nSPS) is 17.2. The van der Waals surface area contributed by atoms with Crippen molar-refractivity contribution >= 4 is 0 Å². The molecule has 1 heteroatoms. The lowest BCUT2D eigenvalue weighted by atomic mass is 9.96. The molecule has 0 fully saturated rings. The van der Waals surface area contributed by atoms with Crippen LogP contribution in [0.1, 0.15) is 59.8 Å². The lowest BCUT2D eigenvalue weighted by molar-refractivity contribution is 0.0480. The molecule has 0 saturated carbocycles. The van der Waals surface area contributed by atoms with Gasteiger partial charge in [-0.25, -0.2) is 0 Å². The molecule has 78 valence electrons. The van der Waals surface area contributed by atoms with Gasteiger partial charge in [-0.05, 0) is 39.5 Å². The molecule has 1 unspecified atom stereocenters. The maximum atomic E-state index is 9.74. The fourth-order valence-corrected chi connectivity index (χ4v) is 1.30. The average Bonchev–Trinajstić information content (AvgIpc) is 2.05. The topological polar surface area (TPSA) is 20.2 Å². The minimum atomic E-state index is -0.469. The fourth-order valence-electron chi connectivity index (χ4n) is 1.30. The van der Waals surface area contributed by atoms with E-state index in [1.54, 1.807) is 0 Å². The van der Waals surface area contributed by atoms with Gasteiger partial charge in [-0.15, -0.1) is 0 Å². The molecular weight excluding hydrogens is 160 g/mol. The van der Waals surface area contributed by atoms with E-state index in [4.69, 9.17) is 0 Å². The predicted octanol–water partition coefficient (Wildman–Crippen LogP) is 3.67. The molecule has 0 bridgehead atoms. The van der Waals surface area contributed by atoms with E-state index >= 15 is 0 Å². The summed E-state index contributed by atoms with van der Waals surface area (Å²) >= 11 is 0. The lowest BCUT2D eigenvalue weighted by Crippen LogP contribution is -2.21. The van der Waals surface area contributed by atoms with E-state index in [2.05, 4.69) is 19.9 Å². The molecule has 0 aromatic rings. The third kappa shape index (κ3) is 6.83. The zero-order chi connectivity index (χ0) is 10.3. The van der Waals surface area contributed by atoms with Crippen molar-refractivity contribution in [2.24, 2.45) is 0 Å². The zero-order valence-corrected chi connectivity index (χ0v) is 9.56. The van der Waals surface area contributed by atoms with Crippen LogP contribution in [0.5, 0.6) is 0 Å². The zero-order valence-electron chi connectivity index (χ0n) is 9.56. The Morgan fingerprint density at radius 2 is 2.00 bits per heavy atom. The molecule has 0 aliphatic heterocycles. The van der Waals surface area contributed by atoms with Crippen molar-refractivity contribution in [2.45, 2.75) is 65.4 Å². The van der Waals surface area contributed by atoms with Crippen molar-refractivity contribution in [3.8, 4) is 0 Å². The first-order valence-corrected chi connectivity index (χ1v) is 5.40. The van der Waals surface area contributed by atoms with Crippen molar-refractivity contribution in [3.05, 3.63) is 11.6 Å². The van der Waals surface area contributed by atoms with Gasteiger partial charge in [0.25, 0.3) is 0 Å². The van der Waals surface area contributed by atoms with E-state index in [1.165, 1.54) is 18.4 Å². The predicted molar refractivity (Wildman–Crippen MR) is 58.8 cm³/mol. The highest BCUT2D eigenvalue weighted by molar-refractivity contribution is 4.98. The summed E-state index contributed by atoms with van der Waals surface area (Å²) in [6.45, 7) is 8.31. The van der Waals surface area contributed by atoms with Gasteiger partial charge in [0.05, 0.1) is 5.60 Å². The van der Waals surface area contributed by atoms with Gasteiger partial charge in [-0.1, -0.05) is 31.9 Å². The lowest BCUT2D eigenvalue weighted by Gasteiger charge is -2.20. The van der Waals surface area contributed by atoms with Crippen LogP contribution in [-0.4, -0.2) is 10.7 Å². The molecule has 1 nitrogen and oxygen atoms in total. The van der Waals surface area contributed by atoms with Crippen LogP contribution in [0, 0.1) is 0 Å². The van der Waals surface area contributed by atoms with Gasteiger partial charge in [0.1, 0.15) is 0 Å². The molecular formula is C12H24O. The van der Waals surface area contributed by atoms with Crippen molar-refractivity contribution in [1.82, 2.24) is 0 Å². The van der Waals surface area contributed by atoms with Crippen LogP contribution in [0.4, 0.5) is 0 Å². The minimum Gasteiger partial charge on any atom is -0.390 e. The van der Waals surface area contributed by atoms with Crippen molar-refractivity contribution in [1.29, 1.82) is 0 Å². The van der Waals surface area contributed by atoms with Gasteiger partial charge in [0, 0.05) is 0 Å². The molecule has 0 amide bonds. The van der Waals surface area contributed by atoms with E-state index in [0.717, 1.165) is 19.3 Å². The SMILES string of the molecule is CCCC(C)=CCCC(C)(O)CC. The summed E-state index contributed by atoms with van der Waals surface area (Å²) in [6.07, 6.45) is 7.39. The maximum Gasteiger partial charge on any atom is 0.0620 e. The molecule has 0 aliphatic carbocycles. The van der Waals surface area contributed by atoms with Crippen LogP contribution < -0.4 is 0 Å². The molecule has 0 aliphatic rings.